The van der Waals surface area contributed by atoms with Gasteiger partial charge in [-0.05, 0) is 0 Å². The lowest BCUT2D eigenvalue weighted by molar-refractivity contribution is -0.634. The van der Waals surface area contributed by atoms with Gasteiger partial charge in [-0.15, -0.1) is 6.58 Å². The average Bonchev–Trinajstić information content (AvgIpc) is 1.89. The Morgan fingerprint density at radius 1 is 1.80 bits per heavy atom. The average molecular weight is 146 g/mol. The van der Waals surface area contributed by atoms with E-state index in [0.717, 1.165) is 0 Å². The second-order valence-corrected chi connectivity index (χ2v) is 2.12. The van der Waals surface area contributed by atoms with Gasteiger partial charge in [-0.3, -0.25) is 0 Å². The van der Waals surface area contributed by atoms with E-state index in [-0.39, 0.29) is 6.10 Å². The molecular weight excluding hydrogens is 130 g/mol. The summed E-state index contributed by atoms with van der Waals surface area (Å²) in [7, 11) is 1.91. The van der Waals surface area contributed by atoms with Gasteiger partial charge < -0.3 is 15.2 Å². The van der Waals surface area contributed by atoms with Gasteiger partial charge in [-0.25, -0.2) is 0 Å². The number of quaternary nitrogens is 1. The van der Waals surface area contributed by atoms with Crippen LogP contribution >= 0.6 is 0 Å². The summed E-state index contributed by atoms with van der Waals surface area (Å²) in [5, 5.41) is 11.0. The zero-order chi connectivity index (χ0) is 7.82. The lowest BCUT2D eigenvalue weighted by atomic mass is 10.4. The summed E-state index contributed by atoms with van der Waals surface area (Å²) in [4.78, 5) is 0. The van der Waals surface area contributed by atoms with Crippen molar-refractivity contribution >= 4 is 0 Å². The molecule has 0 aliphatic carbocycles. The molecule has 0 fully saturated rings. The Morgan fingerprint density at radius 2 is 2.50 bits per heavy atom. The molecule has 3 N–H and O–H groups in total. The van der Waals surface area contributed by atoms with Gasteiger partial charge in [0.15, 0.2) is 0 Å². The Balaban J connectivity index is 3.04. The van der Waals surface area contributed by atoms with Crippen LogP contribution in [0.25, 0.3) is 0 Å². The first-order valence-electron chi connectivity index (χ1n) is 3.45. The highest BCUT2D eigenvalue weighted by Crippen LogP contribution is 1.80. The predicted molar refractivity (Wildman–Crippen MR) is 39.7 cm³/mol. The van der Waals surface area contributed by atoms with Gasteiger partial charge in [0, 0.05) is 0 Å². The Morgan fingerprint density at radius 3 is 3.00 bits per heavy atom. The summed E-state index contributed by atoms with van der Waals surface area (Å²) in [6, 6.07) is 0. The molecule has 0 aromatic carbocycles. The van der Waals surface area contributed by atoms with Crippen molar-refractivity contribution in [3.63, 3.8) is 0 Å². The number of nitrogens with two attached hydrogens (primary N) is 1. The molecule has 10 heavy (non-hydrogen) atoms. The van der Waals surface area contributed by atoms with Crippen molar-refractivity contribution in [2.75, 3.05) is 26.8 Å². The molecule has 0 aromatic heterocycles. The van der Waals surface area contributed by atoms with Gasteiger partial charge in [0.2, 0.25) is 0 Å². The van der Waals surface area contributed by atoms with Crippen LogP contribution in [0.2, 0.25) is 0 Å². The van der Waals surface area contributed by atoms with Crippen molar-refractivity contribution in [3.05, 3.63) is 12.7 Å². The van der Waals surface area contributed by atoms with E-state index in [1.807, 2.05) is 12.4 Å². The van der Waals surface area contributed by atoms with Crippen LogP contribution in [0.5, 0.6) is 0 Å². The van der Waals surface area contributed by atoms with E-state index in [1.165, 1.54) is 0 Å². The SMILES string of the molecule is C=CCOC[C@H](O)C[NH2+]C. The van der Waals surface area contributed by atoms with Gasteiger partial charge >= 0.3 is 0 Å². The third kappa shape index (κ3) is 5.75. The fourth-order valence-corrected chi connectivity index (χ4v) is 0.628. The summed E-state index contributed by atoms with van der Waals surface area (Å²) >= 11 is 0. The molecule has 3 heteroatoms. The molecule has 0 spiro atoms. The smallest absolute Gasteiger partial charge is 0.126 e. The van der Waals surface area contributed by atoms with Crippen molar-refractivity contribution < 1.29 is 15.2 Å². The van der Waals surface area contributed by atoms with Gasteiger partial charge in [0.1, 0.15) is 12.6 Å². The van der Waals surface area contributed by atoms with Crippen molar-refractivity contribution in [1.29, 1.82) is 0 Å². The Labute approximate surface area is 61.7 Å². The molecule has 0 amide bonds. The molecule has 0 rings (SSSR count). The third-order valence-electron chi connectivity index (χ3n) is 1.05. The fraction of sp³-hybridized carbons (Fsp3) is 0.714. The normalized spacial score (nSPS) is 13.0. The zero-order valence-electron chi connectivity index (χ0n) is 6.42. The predicted octanol–water partition coefficient (Wildman–Crippen LogP) is -1.26. The molecule has 1 atom stereocenters. The van der Waals surface area contributed by atoms with E-state index < -0.39 is 0 Å². The van der Waals surface area contributed by atoms with Crippen LogP contribution in [0, 0.1) is 0 Å². The van der Waals surface area contributed by atoms with E-state index >= 15 is 0 Å². The number of likely N-dealkylation sites (N-methyl/N-ethyl adjacent to an activating group) is 1. The highest BCUT2D eigenvalue weighted by molar-refractivity contribution is 4.64. The molecule has 0 unspecified atom stereocenters. The number of ether oxygens (including phenoxy) is 1. The Hall–Kier alpha value is -0.380. The van der Waals surface area contributed by atoms with E-state index in [4.69, 9.17) is 9.84 Å². The minimum atomic E-state index is -0.357. The molecule has 0 aliphatic rings. The van der Waals surface area contributed by atoms with E-state index in [1.54, 1.807) is 6.08 Å². The minimum Gasteiger partial charge on any atom is -0.385 e. The molecule has 3 nitrogen and oxygen atoms in total. The molecule has 0 aromatic rings. The lowest BCUT2D eigenvalue weighted by Crippen LogP contribution is -2.82. The van der Waals surface area contributed by atoms with Crippen molar-refractivity contribution in [3.8, 4) is 0 Å². The van der Waals surface area contributed by atoms with Gasteiger partial charge in [0.25, 0.3) is 0 Å². The largest absolute Gasteiger partial charge is 0.385 e. The van der Waals surface area contributed by atoms with Crippen molar-refractivity contribution in [2.24, 2.45) is 0 Å². The molecule has 0 radical (unpaired) electrons. The summed E-state index contributed by atoms with van der Waals surface area (Å²) in [6.45, 7) is 5.09. The summed E-state index contributed by atoms with van der Waals surface area (Å²) in [6.07, 6.45) is 1.31. The fourth-order valence-electron chi connectivity index (χ4n) is 0.628. The molecule has 0 bridgehead atoms. The van der Waals surface area contributed by atoms with Gasteiger partial charge in [0.05, 0.1) is 20.3 Å². The van der Waals surface area contributed by atoms with Crippen LogP contribution in [0.3, 0.4) is 0 Å². The topological polar surface area (TPSA) is 46.1 Å². The first kappa shape index (κ1) is 9.62. The maximum Gasteiger partial charge on any atom is 0.126 e. The molecule has 0 saturated carbocycles. The van der Waals surface area contributed by atoms with Crippen molar-refractivity contribution in [2.45, 2.75) is 6.10 Å². The molecule has 0 aliphatic heterocycles. The van der Waals surface area contributed by atoms with Crippen LogP contribution in [0.4, 0.5) is 0 Å². The number of rotatable bonds is 6. The Bertz CT molecular complexity index is 85.7. The number of aliphatic hydroxyl groups excluding tert-OH is 1. The van der Waals surface area contributed by atoms with E-state index in [9.17, 15) is 0 Å². The van der Waals surface area contributed by atoms with Crippen LogP contribution in [0.15, 0.2) is 12.7 Å². The van der Waals surface area contributed by atoms with Crippen LogP contribution in [-0.2, 0) is 4.74 Å². The zero-order valence-corrected chi connectivity index (χ0v) is 6.42. The van der Waals surface area contributed by atoms with Gasteiger partial charge in [-0.1, -0.05) is 6.08 Å². The maximum absolute atomic E-state index is 9.09. The quantitative estimate of drug-likeness (QED) is 0.363. The highest BCUT2D eigenvalue weighted by Gasteiger charge is 2.02. The maximum atomic E-state index is 9.09. The molecule has 60 valence electrons. The van der Waals surface area contributed by atoms with E-state index in [0.29, 0.717) is 19.8 Å². The number of aliphatic hydroxyl groups is 1. The number of hydrogen-bond acceptors (Lipinski definition) is 2. The summed E-state index contributed by atoms with van der Waals surface area (Å²) in [5.74, 6) is 0. The number of hydrogen-bond donors (Lipinski definition) is 2. The summed E-state index contributed by atoms with van der Waals surface area (Å²) < 4.78 is 5.01. The first-order valence-corrected chi connectivity index (χ1v) is 3.45. The second-order valence-electron chi connectivity index (χ2n) is 2.12. The highest BCUT2D eigenvalue weighted by atomic mass is 16.5. The Kier molecular flexibility index (Phi) is 6.48. The minimum absolute atomic E-state index is 0.357. The standard InChI is InChI=1S/C7H15NO2/c1-3-4-10-6-7(9)5-8-2/h3,7-9H,1,4-6H2,2H3/p+1/t7-/m1/s1. The summed E-state index contributed by atoms with van der Waals surface area (Å²) in [5.41, 5.74) is 0. The van der Waals surface area contributed by atoms with E-state index in [2.05, 4.69) is 6.58 Å². The molecule has 0 heterocycles. The molecule has 0 saturated heterocycles. The van der Waals surface area contributed by atoms with Crippen LogP contribution < -0.4 is 5.32 Å². The monoisotopic (exact) mass is 146 g/mol. The van der Waals surface area contributed by atoms with Crippen molar-refractivity contribution in [1.82, 2.24) is 0 Å². The second kappa shape index (κ2) is 6.74. The first-order chi connectivity index (χ1) is 4.81. The third-order valence-corrected chi connectivity index (χ3v) is 1.05. The van der Waals surface area contributed by atoms with Gasteiger partial charge in [-0.2, -0.15) is 0 Å². The molecular formula is C7H16NO2+. The van der Waals surface area contributed by atoms with Crippen LogP contribution in [0.1, 0.15) is 0 Å². The van der Waals surface area contributed by atoms with Crippen LogP contribution in [-0.4, -0.2) is 38.0 Å². The lowest BCUT2D eigenvalue weighted by Gasteiger charge is -2.06.